The van der Waals surface area contributed by atoms with Crippen molar-refractivity contribution in [3.05, 3.63) is 89.4 Å². The zero-order valence-corrected chi connectivity index (χ0v) is 14.9. The Morgan fingerprint density at radius 1 is 0.962 bits per heavy atom. The predicted molar refractivity (Wildman–Crippen MR) is 103 cm³/mol. The Morgan fingerprint density at radius 3 is 2.42 bits per heavy atom. The second-order valence-electron chi connectivity index (χ2n) is 5.56. The van der Waals surface area contributed by atoms with Crippen LogP contribution in [0.2, 0.25) is 5.02 Å². The number of anilines is 1. The van der Waals surface area contributed by atoms with Gasteiger partial charge in [-0.2, -0.15) is 0 Å². The number of rotatable bonds is 6. The lowest BCUT2D eigenvalue weighted by Crippen LogP contribution is -2.25. The van der Waals surface area contributed by atoms with Gasteiger partial charge in [0.2, 0.25) is 6.10 Å². The lowest BCUT2D eigenvalue weighted by Gasteiger charge is -2.20. The maximum absolute atomic E-state index is 12.9. The van der Waals surface area contributed by atoms with E-state index in [4.69, 9.17) is 21.1 Å². The van der Waals surface area contributed by atoms with Gasteiger partial charge in [0.25, 0.3) is 5.91 Å². The monoisotopic (exact) mass is 367 g/mol. The molecule has 132 valence electrons. The van der Waals surface area contributed by atoms with Crippen LogP contribution in [0.1, 0.15) is 11.7 Å². The van der Waals surface area contributed by atoms with E-state index in [1.807, 2.05) is 48.5 Å². The Bertz CT molecular complexity index is 883. The minimum absolute atomic E-state index is 0.302. The number of halogens is 1. The molecule has 0 aliphatic carbocycles. The minimum Gasteiger partial charge on any atom is -0.497 e. The third-order valence-electron chi connectivity index (χ3n) is 3.76. The molecule has 0 heterocycles. The Kier molecular flexibility index (Phi) is 5.77. The average Bonchev–Trinajstić information content (AvgIpc) is 2.68. The summed E-state index contributed by atoms with van der Waals surface area (Å²) in [4.78, 5) is 12.9. The van der Waals surface area contributed by atoms with E-state index < -0.39 is 6.10 Å². The Morgan fingerprint density at radius 2 is 1.69 bits per heavy atom. The first-order valence-corrected chi connectivity index (χ1v) is 8.46. The van der Waals surface area contributed by atoms with Crippen molar-refractivity contribution in [2.75, 3.05) is 12.4 Å². The molecule has 0 aliphatic rings. The van der Waals surface area contributed by atoms with Crippen LogP contribution < -0.4 is 14.8 Å². The minimum atomic E-state index is -0.845. The van der Waals surface area contributed by atoms with Crippen molar-refractivity contribution < 1.29 is 14.3 Å². The molecule has 0 saturated carbocycles. The van der Waals surface area contributed by atoms with Gasteiger partial charge in [-0.15, -0.1) is 0 Å². The van der Waals surface area contributed by atoms with Crippen molar-refractivity contribution in [2.24, 2.45) is 0 Å². The molecule has 0 aromatic heterocycles. The van der Waals surface area contributed by atoms with E-state index in [2.05, 4.69) is 5.32 Å². The number of amides is 1. The molecule has 3 aromatic rings. The van der Waals surface area contributed by atoms with Crippen LogP contribution in [0, 0.1) is 0 Å². The van der Waals surface area contributed by atoms with Crippen molar-refractivity contribution >= 4 is 23.2 Å². The smallest absolute Gasteiger partial charge is 0.270 e. The summed E-state index contributed by atoms with van der Waals surface area (Å²) < 4.78 is 11.1. The molecule has 3 aromatic carbocycles. The second-order valence-corrected chi connectivity index (χ2v) is 5.97. The number of carbonyl (C=O) groups is 1. The SMILES string of the molecule is COc1cccc(NC(=O)C(Oc2ccccc2Cl)c2ccccc2)c1. The first kappa shape index (κ1) is 17.8. The van der Waals surface area contributed by atoms with Gasteiger partial charge >= 0.3 is 0 Å². The molecule has 0 aliphatic heterocycles. The predicted octanol–water partition coefficient (Wildman–Crippen LogP) is 5.11. The Balaban J connectivity index is 1.87. The molecule has 1 atom stereocenters. The number of ether oxygens (including phenoxy) is 2. The largest absolute Gasteiger partial charge is 0.497 e. The quantitative estimate of drug-likeness (QED) is 0.658. The van der Waals surface area contributed by atoms with E-state index in [-0.39, 0.29) is 5.91 Å². The molecule has 0 saturated heterocycles. The molecule has 26 heavy (non-hydrogen) atoms. The van der Waals surface area contributed by atoms with Crippen LogP contribution in [0.15, 0.2) is 78.9 Å². The topological polar surface area (TPSA) is 47.6 Å². The normalized spacial score (nSPS) is 11.5. The fraction of sp³-hybridized carbons (Fsp3) is 0.0952. The highest BCUT2D eigenvalue weighted by Crippen LogP contribution is 2.30. The average molecular weight is 368 g/mol. The molecule has 4 nitrogen and oxygen atoms in total. The van der Waals surface area contributed by atoms with E-state index >= 15 is 0 Å². The molecule has 0 fully saturated rings. The van der Waals surface area contributed by atoms with Crippen LogP contribution in [-0.2, 0) is 4.79 Å². The molecule has 5 heteroatoms. The first-order chi connectivity index (χ1) is 12.7. The molecule has 0 radical (unpaired) electrons. The summed E-state index contributed by atoms with van der Waals surface area (Å²) >= 11 is 6.19. The van der Waals surface area contributed by atoms with Crippen LogP contribution in [0.3, 0.4) is 0 Å². The number of para-hydroxylation sites is 1. The number of nitrogens with one attached hydrogen (secondary N) is 1. The van der Waals surface area contributed by atoms with Gasteiger partial charge in [-0.1, -0.05) is 60.1 Å². The third-order valence-corrected chi connectivity index (χ3v) is 4.07. The Labute approximate surface area is 157 Å². The van der Waals surface area contributed by atoms with Crippen LogP contribution >= 0.6 is 11.6 Å². The fourth-order valence-electron chi connectivity index (χ4n) is 2.48. The summed E-state index contributed by atoms with van der Waals surface area (Å²) in [6, 6.07) is 23.5. The molecule has 3 rings (SSSR count). The van der Waals surface area contributed by atoms with Gasteiger partial charge in [-0.05, 0) is 24.3 Å². The fourth-order valence-corrected chi connectivity index (χ4v) is 2.66. The summed E-state index contributed by atoms with van der Waals surface area (Å²) in [5.74, 6) is 0.805. The standard InChI is InChI=1S/C21H18ClNO3/c1-25-17-11-7-10-16(14-17)23-21(24)20(15-8-3-2-4-9-15)26-19-13-6-5-12-18(19)22/h2-14,20H,1H3,(H,23,24). The number of benzene rings is 3. The van der Waals surface area contributed by atoms with Crippen molar-refractivity contribution in [3.8, 4) is 11.5 Å². The van der Waals surface area contributed by atoms with Gasteiger partial charge < -0.3 is 14.8 Å². The van der Waals surface area contributed by atoms with Gasteiger partial charge in [-0.3, -0.25) is 4.79 Å². The van der Waals surface area contributed by atoms with E-state index in [9.17, 15) is 4.79 Å². The van der Waals surface area contributed by atoms with Gasteiger partial charge in [0.15, 0.2) is 0 Å². The lowest BCUT2D eigenvalue weighted by atomic mass is 10.1. The summed E-state index contributed by atoms with van der Waals surface area (Å²) in [6.07, 6.45) is -0.845. The van der Waals surface area contributed by atoms with Crippen molar-refractivity contribution in [2.45, 2.75) is 6.10 Å². The number of hydrogen-bond donors (Lipinski definition) is 1. The van der Waals surface area contributed by atoms with E-state index in [0.29, 0.717) is 22.2 Å². The maximum Gasteiger partial charge on any atom is 0.270 e. The second kappa shape index (κ2) is 8.41. The number of methoxy groups -OCH3 is 1. The zero-order valence-electron chi connectivity index (χ0n) is 14.2. The van der Waals surface area contributed by atoms with Crippen molar-refractivity contribution in [1.82, 2.24) is 0 Å². The zero-order chi connectivity index (χ0) is 18.4. The van der Waals surface area contributed by atoms with E-state index in [1.165, 1.54) is 0 Å². The molecule has 0 bridgehead atoms. The number of hydrogen-bond acceptors (Lipinski definition) is 3. The molecule has 1 amide bonds. The van der Waals surface area contributed by atoms with Crippen molar-refractivity contribution in [3.63, 3.8) is 0 Å². The first-order valence-electron chi connectivity index (χ1n) is 8.08. The summed E-state index contributed by atoms with van der Waals surface area (Å²) in [5, 5.41) is 3.31. The summed E-state index contributed by atoms with van der Waals surface area (Å²) in [5.41, 5.74) is 1.35. The molecule has 1 N–H and O–H groups in total. The molecule has 1 unspecified atom stereocenters. The van der Waals surface area contributed by atoms with Crippen LogP contribution in [0.5, 0.6) is 11.5 Å². The van der Waals surface area contributed by atoms with Gasteiger partial charge in [0.1, 0.15) is 11.5 Å². The van der Waals surface area contributed by atoms with Crippen LogP contribution in [-0.4, -0.2) is 13.0 Å². The van der Waals surface area contributed by atoms with Gasteiger partial charge in [0.05, 0.1) is 12.1 Å². The third kappa shape index (κ3) is 4.35. The molecular weight excluding hydrogens is 350 g/mol. The van der Waals surface area contributed by atoms with E-state index in [0.717, 1.165) is 5.56 Å². The highest BCUT2D eigenvalue weighted by Gasteiger charge is 2.23. The number of carbonyl (C=O) groups excluding carboxylic acids is 1. The van der Waals surface area contributed by atoms with Gasteiger partial charge in [0, 0.05) is 17.3 Å². The maximum atomic E-state index is 12.9. The van der Waals surface area contributed by atoms with Crippen LogP contribution in [0.25, 0.3) is 0 Å². The van der Waals surface area contributed by atoms with Crippen molar-refractivity contribution in [1.29, 1.82) is 0 Å². The summed E-state index contributed by atoms with van der Waals surface area (Å²) in [6.45, 7) is 0. The van der Waals surface area contributed by atoms with Crippen LogP contribution in [0.4, 0.5) is 5.69 Å². The molecule has 0 spiro atoms. The Hall–Kier alpha value is -2.98. The highest BCUT2D eigenvalue weighted by molar-refractivity contribution is 6.32. The summed E-state index contributed by atoms with van der Waals surface area (Å²) in [7, 11) is 1.58. The highest BCUT2D eigenvalue weighted by atomic mass is 35.5. The molecular formula is C21H18ClNO3. The lowest BCUT2D eigenvalue weighted by molar-refractivity contribution is -0.123. The van der Waals surface area contributed by atoms with E-state index in [1.54, 1.807) is 37.4 Å². The van der Waals surface area contributed by atoms with Gasteiger partial charge in [-0.25, -0.2) is 0 Å².